The van der Waals surface area contributed by atoms with Gasteiger partial charge in [0.1, 0.15) is 6.04 Å². The lowest BCUT2D eigenvalue weighted by Crippen LogP contribution is -2.62. The Morgan fingerprint density at radius 1 is 1.27 bits per heavy atom. The van der Waals surface area contributed by atoms with Gasteiger partial charge in [0.15, 0.2) is 0 Å². The Labute approximate surface area is 181 Å². The summed E-state index contributed by atoms with van der Waals surface area (Å²) < 4.78 is 0. The van der Waals surface area contributed by atoms with Crippen molar-refractivity contribution in [3.05, 3.63) is 22.4 Å². The second-order valence-corrected chi connectivity index (χ2v) is 9.73. The number of hydrogen-bond donors (Lipinski definition) is 3. The molecule has 30 heavy (non-hydrogen) atoms. The fourth-order valence-electron chi connectivity index (χ4n) is 4.39. The second kappa shape index (κ2) is 8.93. The minimum Gasteiger partial charge on any atom is -0.354 e. The molecule has 164 valence electrons. The molecule has 1 aliphatic carbocycles. The van der Waals surface area contributed by atoms with Crippen molar-refractivity contribution in [3.63, 3.8) is 0 Å². The molecule has 2 saturated heterocycles. The maximum atomic E-state index is 13.4. The molecule has 8 nitrogen and oxygen atoms in total. The van der Waals surface area contributed by atoms with Crippen LogP contribution in [0.15, 0.2) is 16.8 Å². The highest BCUT2D eigenvalue weighted by molar-refractivity contribution is 7.07. The van der Waals surface area contributed by atoms with Gasteiger partial charge in [0.2, 0.25) is 11.8 Å². The van der Waals surface area contributed by atoms with Crippen molar-refractivity contribution in [1.82, 2.24) is 25.8 Å². The zero-order valence-electron chi connectivity index (χ0n) is 17.6. The lowest BCUT2D eigenvalue weighted by atomic mass is 10.0. The molecule has 1 aromatic heterocycles. The molecule has 4 rings (SSSR count). The Balaban J connectivity index is 1.42. The number of carbonyl (C=O) groups excluding carboxylic acids is 3. The molecule has 4 amide bonds. The molecule has 0 spiro atoms. The normalized spacial score (nSPS) is 26.6. The summed E-state index contributed by atoms with van der Waals surface area (Å²) in [5.41, 5.74) is 1.18. The number of carbonyl (C=O) groups is 3. The van der Waals surface area contributed by atoms with Gasteiger partial charge in [-0.05, 0) is 55.5 Å². The molecule has 3 fully saturated rings. The molecule has 3 atom stereocenters. The molecule has 3 N–H and O–H groups in total. The van der Waals surface area contributed by atoms with E-state index in [0.29, 0.717) is 19.6 Å². The number of amides is 4. The van der Waals surface area contributed by atoms with Crippen molar-refractivity contribution in [2.45, 2.75) is 63.8 Å². The first kappa shape index (κ1) is 21.1. The van der Waals surface area contributed by atoms with E-state index in [4.69, 9.17) is 0 Å². The van der Waals surface area contributed by atoms with Crippen molar-refractivity contribution < 1.29 is 14.4 Å². The van der Waals surface area contributed by atoms with Gasteiger partial charge in [-0.15, -0.1) is 0 Å². The highest BCUT2D eigenvalue weighted by atomic mass is 32.1. The van der Waals surface area contributed by atoms with E-state index in [1.165, 1.54) is 5.56 Å². The van der Waals surface area contributed by atoms with E-state index in [-0.39, 0.29) is 47.9 Å². The third-order valence-electron chi connectivity index (χ3n) is 6.01. The quantitative estimate of drug-likeness (QED) is 0.601. The van der Waals surface area contributed by atoms with Gasteiger partial charge >= 0.3 is 6.03 Å². The molecular formula is C21H31N5O3S. The summed E-state index contributed by atoms with van der Waals surface area (Å²) in [6, 6.07) is 1.61. The zero-order chi connectivity index (χ0) is 21.3. The smallest absolute Gasteiger partial charge is 0.315 e. The van der Waals surface area contributed by atoms with Crippen LogP contribution in [0, 0.1) is 5.92 Å². The minimum atomic E-state index is -0.368. The Morgan fingerprint density at radius 2 is 2.07 bits per heavy atom. The summed E-state index contributed by atoms with van der Waals surface area (Å²) in [7, 11) is 0. The molecule has 0 unspecified atom stereocenters. The number of nitrogens with one attached hydrogen (secondary N) is 3. The summed E-state index contributed by atoms with van der Waals surface area (Å²) >= 11 is 1.65. The predicted octanol–water partition coefficient (Wildman–Crippen LogP) is 1.14. The first-order valence-electron chi connectivity index (χ1n) is 10.8. The summed E-state index contributed by atoms with van der Waals surface area (Å²) in [6.45, 7) is 6.14. The fraction of sp³-hybridized carbons (Fsp3) is 0.667. The largest absolute Gasteiger partial charge is 0.354 e. The number of nitrogens with zero attached hydrogens (tertiary/aromatic N) is 2. The highest BCUT2D eigenvalue weighted by Crippen LogP contribution is 2.30. The van der Waals surface area contributed by atoms with Crippen molar-refractivity contribution in [3.8, 4) is 0 Å². The van der Waals surface area contributed by atoms with Crippen LogP contribution in [0.2, 0.25) is 0 Å². The van der Waals surface area contributed by atoms with Crippen LogP contribution in [0.1, 0.15) is 38.7 Å². The number of urea groups is 1. The zero-order valence-corrected chi connectivity index (χ0v) is 18.4. The number of hydrogen-bond acceptors (Lipinski definition) is 5. The highest BCUT2D eigenvalue weighted by Gasteiger charge is 2.46. The van der Waals surface area contributed by atoms with E-state index >= 15 is 0 Å². The number of thiophene rings is 1. The maximum absolute atomic E-state index is 13.4. The average Bonchev–Trinajstić information content (AvgIpc) is 3.26. The first-order chi connectivity index (χ1) is 14.4. The van der Waals surface area contributed by atoms with Gasteiger partial charge in [-0.25, -0.2) is 4.79 Å². The predicted molar refractivity (Wildman–Crippen MR) is 115 cm³/mol. The van der Waals surface area contributed by atoms with E-state index in [9.17, 15) is 14.4 Å². The van der Waals surface area contributed by atoms with Gasteiger partial charge in [0, 0.05) is 44.2 Å². The van der Waals surface area contributed by atoms with E-state index in [2.05, 4.69) is 32.3 Å². The number of piperazine rings is 1. The Morgan fingerprint density at radius 3 is 2.73 bits per heavy atom. The molecule has 0 aromatic carbocycles. The van der Waals surface area contributed by atoms with Crippen LogP contribution in [0.4, 0.5) is 4.79 Å². The van der Waals surface area contributed by atoms with Gasteiger partial charge in [-0.1, -0.05) is 0 Å². The van der Waals surface area contributed by atoms with Crippen molar-refractivity contribution in [2.75, 3.05) is 19.6 Å². The summed E-state index contributed by atoms with van der Waals surface area (Å²) in [5, 5.41) is 13.0. The molecular weight excluding hydrogens is 402 g/mol. The van der Waals surface area contributed by atoms with E-state index in [1.54, 1.807) is 11.3 Å². The van der Waals surface area contributed by atoms with Crippen molar-refractivity contribution in [2.24, 2.45) is 5.92 Å². The monoisotopic (exact) mass is 433 g/mol. The van der Waals surface area contributed by atoms with Crippen LogP contribution in [0.3, 0.4) is 0 Å². The van der Waals surface area contributed by atoms with Crippen LogP contribution in [-0.4, -0.2) is 71.4 Å². The molecule has 3 heterocycles. The van der Waals surface area contributed by atoms with Gasteiger partial charge < -0.3 is 20.9 Å². The van der Waals surface area contributed by atoms with Gasteiger partial charge in [-0.2, -0.15) is 11.3 Å². The summed E-state index contributed by atoms with van der Waals surface area (Å²) in [6.07, 6.45) is 2.64. The van der Waals surface area contributed by atoms with Gasteiger partial charge in [-0.3, -0.25) is 14.5 Å². The van der Waals surface area contributed by atoms with Gasteiger partial charge in [0.25, 0.3) is 0 Å². The van der Waals surface area contributed by atoms with Gasteiger partial charge in [0.05, 0.1) is 6.04 Å². The number of fused-ring (bicyclic) bond motifs is 1. The molecule has 9 heteroatoms. The third kappa shape index (κ3) is 4.95. The maximum Gasteiger partial charge on any atom is 0.315 e. The second-order valence-electron chi connectivity index (χ2n) is 8.95. The SMILES string of the molecule is CC(C)NC(=O)N[C@H]1C[C@H]2CN(Cc3ccsc3)[C@@H](CNC(=O)C3CC3)C(=O)N2C1. The lowest BCUT2D eigenvalue weighted by molar-refractivity contribution is -0.144. The lowest BCUT2D eigenvalue weighted by Gasteiger charge is -2.42. The molecule has 1 saturated carbocycles. The molecule has 0 radical (unpaired) electrons. The summed E-state index contributed by atoms with van der Waals surface area (Å²) in [4.78, 5) is 41.7. The van der Waals surface area contributed by atoms with E-state index < -0.39 is 0 Å². The standard InChI is InChI=1S/C21H31N5O3S/c1-13(2)23-21(29)24-16-7-17-11-25(9-14-5-6-30-12-14)18(20(28)26(17)10-16)8-22-19(27)15-3-4-15/h5-6,12-13,15-18H,3-4,7-11H2,1-2H3,(H,22,27)(H2,23,24,29)/t16-,17-,18-/m0/s1. The Kier molecular flexibility index (Phi) is 6.29. The molecule has 2 aliphatic heterocycles. The van der Waals surface area contributed by atoms with Crippen LogP contribution < -0.4 is 16.0 Å². The molecule has 3 aliphatic rings. The number of rotatable bonds is 7. The fourth-order valence-corrected chi connectivity index (χ4v) is 5.05. The topological polar surface area (TPSA) is 93.8 Å². The van der Waals surface area contributed by atoms with Crippen LogP contribution in [0.5, 0.6) is 0 Å². The third-order valence-corrected chi connectivity index (χ3v) is 6.74. The van der Waals surface area contributed by atoms with E-state index in [0.717, 1.165) is 25.8 Å². The van der Waals surface area contributed by atoms with Crippen LogP contribution >= 0.6 is 11.3 Å². The molecule has 1 aromatic rings. The summed E-state index contributed by atoms with van der Waals surface area (Å²) in [5.74, 6) is 0.236. The Hall–Kier alpha value is -2.13. The Bertz CT molecular complexity index is 780. The van der Waals surface area contributed by atoms with Crippen LogP contribution in [-0.2, 0) is 16.1 Å². The molecule has 0 bridgehead atoms. The van der Waals surface area contributed by atoms with E-state index in [1.807, 2.05) is 24.1 Å². The first-order valence-corrected chi connectivity index (χ1v) is 11.8. The average molecular weight is 434 g/mol. The van der Waals surface area contributed by atoms with Crippen molar-refractivity contribution in [1.29, 1.82) is 0 Å². The van der Waals surface area contributed by atoms with Crippen LogP contribution in [0.25, 0.3) is 0 Å². The minimum absolute atomic E-state index is 0.0474. The van der Waals surface area contributed by atoms with Crippen molar-refractivity contribution >= 4 is 29.2 Å².